The van der Waals surface area contributed by atoms with Crippen LogP contribution in [0.5, 0.6) is 0 Å². The summed E-state index contributed by atoms with van der Waals surface area (Å²) in [6.07, 6.45) is 6.80. The van der Waals surface area contributed by atoms with Crippen molar-refractivity contribution in [1.29, 1.82) is 5.26 Å². The molecule has 3 rings (SSSR count). The third-order valence-electron chi connectivity index (χ3n) is 4.80. The summed E-state index contributed by atoms with van der Waals surface area (Å²) in [5.74, 6) is 0. The van der Waals surface area contributed by atoms with Gasteiger partial charge in [0.05, 0.1) is 0 Å². The van der Waals surface area contributed by atoms with Gasteiger partial charge in [0.15, 0.2) is 0 Å². The lowest BCUT2D eigenvalue weighted by Crippen LogP contribution is -2.51. The second kappa shape index (κ2) is 4.91. The molecule has 3 heterocycles. The summed E-state index contributed by atoms with van der Waals surface area (Å²) in [5, 5.41) is 8.94. The molecule has 2 aliphatic heterocycles. The van der Waals surface area contributed by atoms with Crippen LogP contribution in [-0.2, 0) is 0 Å². The lowest BCUT2D eigenvalue weighted by Gasteiger charge is -2.47. The monoisotopic (exact) mass is 274 g/mol. The van der Waals surface area contributed by atoms with E-state index in [9.17, 15) is 9.59 Å². The van der Waals surface area contributed by atoms with E-state index < -0.39 is 11.2 Å². The summed E-state index contributed by atoms with van der Waals surface area (Å²) >= 11 is 0. The highest BCUT2D eigenvalue weighted by Gasteiger charge is 2.37. The summed E-state index contributed by atoms with van der Waals surface area (Å²) in [4.78, 5) is 28.1. The number of aromatic nitrogens is 2. The van der Waals surface area contributed by atoms with Crippen LogP contribution in [0.1, 0.15) is 43.7 Å². The van der Waals surface area contributed by atoms with Crippen molar-refractivity contribution in [3.05, 3.63) is 32.6 Å². The minimum absolute atomic E-state index is 0.00804. The quantitative estimate of drug-likeness (QED) is 0.813. The molecule has 0 aromatic carbocycles. The number of piperidine rings is 2. The van der Waals surface area contributed by atoms with Crippen molar-refractivity contribution in [3.8, 4) is 6.07 Å². The fourth-order valence-electron chi connectivity index (χ4n) is 3.65. The van der Waals surface area contributed by atoms with Gasteiger partial charge in [-0.2, -0.15) is 5.26 Å². The summed E-state index contributed by atoms with van der Waals surface area (Å²) in [6, 6.07) is 2.92. The Hall–Kier alpha value is -1.87. The van der Waals surface area contributed by atoms with Gasteiger partial charge in [0.2, 0.25) is 0 Å². The number of nitrogens with zero attached hydrogens (tertiary/aromatic N) is 3. The molecule has 0 aliphatic carbocycles. The first-order valence-corrected chi connectivity index (χ1v) is 7.07. The number of aromatic amines is 1. The Morgan fingerprint density at radius 1 is 1.25 bits per heavy atom. The summed E-state index contributed by atoms with van der Waals surface area (Å²) in [7, 11) is 2.15. The Labute approximate surface area is 116 Å². The van der Waals surface area contributed by atoms with Gasteiger partial charge in [0.1, 0.15) is 11.6 Å². The maximum absolute atomic E-state index is 12.0. The van der Waals surface area contributed by atoms with Crippen molar-refractivity contribution >= 4 is 0 Å². The fraction of sp³-hybridized carbons (Fsp3) is 0.643. The second-order valence-electron chi connectivity index (χ2n) is 5.85. The van der Waals surface area contributed by atoms with Crippen molar-refractivity contribution in [2.45, 2.75) is 50.2 Å². The normalized spacial score (nSPS) is 29.9. The number of hydrogen-bond donors (Lipinski definition) is 1. The highest BCUT2D eigenvalue weighted by Crippen LogP contribution is 2.37. The molecule has 2 unspecified atom stereocenters. The number of nitriles is 1. The predicted octanol–water partition coefficient (Wildman–Crippen LogP) is 0.596. The molecule has 1 N–H and O–H groups in total. The lowest BCUT2D eigenvalue weighted by atomic mass is 9.82. The molecule has 6 heteroatoms. The first-order valence-electron chi connectivity index (χ1n) is 7.07. The average Bonchev–Trinajstić information content (AvgIpc) is 2.39. The van der Waals surface area contributed by atoms with Crippen molar-refractivity contribution in [2.75, 3.05) is 7.05 Å². The van der Waals surface area contributed by atoms with E-state index >= 15 is 0 Å². The molecular formula is C14H18N4O2. The van der Waals surface area contributed by atoms with Crippen LogP contribution in [0.2, 0.25) is 0 Å². The van der Waals surface area contributed by atoms with Crippen LogP contribution in [0.3, 0.4) is 0 Å². The zero-order valence-electron chi connectivity index (χ0n) is 11.5. The van der Waals surface area contributed by atoms with E-state index in [1.165, 1.54) is 12.6 Å². The van der Waals surface area contributed by atoms with E-state index in [1.807, 2.05) is 6.07 Å². The van der Waals surface area contributed by atoms with Crippen molar-refractivity contribution < 1.29 is 0 Å². The van der Waals surface area contributed by atoms with E-state index in [4.69, 9.17) is 5.26 Å². The molecule has 1 aromatic heterocycles. The van der Waals surface area contributed by atoms with Gasteiger partial charge in [0, 0.05) is 24.3 Å². The molecule has 2 saturated heterocycles. The SMILES string of the molecule is CN1C2CCCC1CC(n1cc(C#N)c(=O)[nH]c1=O)C2. The fourth-order valence-corrected chi connectivity index (χ4v) is 3.65. The Morgan fingerprint density at radius 2 is 1.90 bits per heavy atom. The first kappa shape index (κ1) is 13.1. The molecule has 1 aromatic rings. The molecule has 2 atom stereocenters. The molecule has 0 spiro atoms. The Bertz CT molecular complexity index is 655. The smallest absolute Gasteiger partial charge is 0.300 e. The van der Waals surface area contributed by atoms with E-state index in [1.54, 1.807) is 4.57 Å². The van der Waals surface area contributed by atoms with Crippen LogP contribution >= 0.6 is 0 Å². The van der Waals surface area contributed by atoms with Crippen LogP contribution in [0.25, 0.3) is 0 Å². The number of nitrogens with one attached hydrogen (secondary N) is 1. The largest absolute Gasteiger partial charge is 0.328 e. The Morgan fingerprint density at radius 3 is 2.50 bits per heavy atom. The van der Waals surface area contributed by atoms with E-state index in [-0.39, 0.29) is 11.6 Å². The predicted molar refractivity (Wildman–Crippen MR) is 73.5 cm³/mol. The highest BCUT2D eigenvalue weighted by atomic mass is 16.2. The number of rotatable bonds is 1. The first-order chi connectivity index (χ1) is 9.60. The summed E-state index contributed by atoms with van der Waals surface area (Å²) in [5.41, 5.74) is -0.989. The molecule has 2 bridgehead atoms. The number of H-pyrrole nitrogens is 1. The minimum atomic E-state index is -0.595. The van der Waals surface area contributed by atoms with Crippen LogP contribution in [0, 0.1) is 11.3 Å². The summed E-state index contributed by atoms with van der Waals surface area (Å²) < 4.78 is 1.55. The standard InChI is InChI=1S/C14H18N4O2/c1-17-10-3-2-4-11(17)6-12(5-10)18-8-9(7-15)13(19)16-14(18)20/h8,10-12H,2-6H2,1H3,(H,16,19,20). The van der Waals surface area contributed by atoms with Gasteiger partial charge in [-0.05, 0) is 32.7 Å². The maximum Gasteiger partial charge on any atom is 0.328 e. The molecule has 20 heavy (non-hydrogen) atoms. The van der Waals surface area contributed by atoms with Crippen molar-refractivity contribution in [1.82, 2.24) is 14.5 Å². The molecule has 106 valence electrons. The molecule has 0 radical (unpaired) electrons. The molecule has 2 fully saturated rings. The van der Waals surface area contributed by atoms with E-state index in [0.29, 0.717) is 12.1 Å². The van der Waals surface area contributed by atoms with E-state index in [2.05, 4.69) is 16.9 Å². The average molecular weight is 274 g/mol. The van der Waals surface area contributed by atoms with E-state index in [0.717, 1.165) is 25.7 Å². The van der Waals surface area contributed by atoms with Crippen LogP contribution in [0.15, 0.2) is 15.8 Å². The highest BCUT2D eigenvalue weighted by molar-refractivity contribution is 5.22. The molecule has 6 nitrogen and oxygen atoms in total. The Kier molecular flexibility index (Phi) is 3.22. The number of hydrogen-bond acceptors (Lipinski definition) is 4. The zero-order chi connectivity index (χ0) is 14.3. The van der Waals surface area contributed by atoms with Gasteiger partial charge in [0.25, 0.3) is 5.56 Å². The molecule has 0 amide bonds. The van der Waals surface area contributed by atoms with Crippen LogP contribution in [-0.4, -0.2) is 33.6 Å². The van der Waals surface area contributed by atoms with Gasteiger partial charge < -0.3 is 4.90 Å². The summed E-state index contributed by atoms with van der Waals surface area (Å²) in [6.45, 7) is 0. The van der Waals surface area contributed by atoms with Crippen molar-refractivity contribution in [3.63, 3.8) is 0 Å². The van der Waals surface area contributed by atoms with Gasteiger partial charge in [-0.3, -0.25) is 14.3 Å². The topological polar surface area (TPSA) is 81.9 Å². The van der Waals surface area contributed by atoms with Crippen LogP contribution < -0.4 is 11.2 Å². The molecular weight excluding hydrogens is 256 g/mol. The van der Waals surface area contributed by atoms with Gasteiger partial charge in [-0.25, -0.2) is 4.79 Å². The molecule has 2 aliphatic rings. The second-order valence-corrected chi connectivity index (χ2v) is 5.85. The molecule has 0 saturated carbocycles. The van der Waals surface area contributed by atoms with Gasteiger partial charge in [-0.1, -0.05) is 6.42 Å². The Balaban J connectivity index is 1.97. The lowest BCUT2D eigenvalue weighted by molar-refractivity contribution is 0.0387. The maximum atomic E-state index is 12.0. The number of fused-ring (bicyclic) bond motifs is 2. The minimum Gasteiger partial charge on any atom is -0.300 e. The van der Waals surface area contributed by atoms with Crippen molar-refractivity contribution in [2.24, 2.45) is 0 Å². The van der Waals surface area contributed by atoms with Gasteiger partial charge >= 0.3 is 5.69 Å². The third-order valence-corrected chi connectivity index (χ3v) is 4.80. The van der Waals surface area contributed by atoms with Crippen LogP contribution in [0.4, 0.5) is 0 Å². The third kappa shape index (κ3) is 2.08. The van der Waals surface area contributed by atoms with Gasteiger partial charge in [-0.15, -0.1) is 0 Å². The zero-order valence-corrected chi connectivity index (χ0v) is 11.5.